The van der Waals surface area contributed by atoms with E-state index in [-0.39, 0.29) is 17.7 Å². The fourth-order valence-electron chi connectivity index (χ4n) is 1.57. The monoisotopic (exact) mass is 331 g/mol. The van der Waals surface area contributed by atoms with Crippen molar-refractivity contribution in [2.24, 2.45) is 0 Å². The molecule has 1 fully saturated rings. The van der Waals surface area contributed by atoms with Crippen LogP contribution < -0.4 is 0 Å². The summed E-state index contributed by atoms with van der Waals surface area (Å²) in [5.41, 5.74) is -0.759. The van der Waals surface area contributed by atoms with Gasteiger partial charge in [-0.05, 0) is 54.4 Å². The molecule has 1 amide bonds. The van der Waals surface area contributed by atoms with Crippen LogP contribution in [-0.4, -0.2) is 53.5 Å². The van der Waals surface area contributed by atoms with E-state index in [9.17, 15) is 9.59 Å². The van der Waals surface area contributed by atoms with Crippen molar-refractivity contribution in [3.8, 4) is 0 Å². The summed E-state index contributed by atoms with van der Waals surface area (Å²) < 4.78 is 10.0. The highest BCUT2D eigenvalue weighted by atomic mass is 16.6. The van der Waals surface area contributed by atoms with Gasteiger partial charge in [-0.2, -0.15) is 0 Å². The molecule has 0 bridgehead atoms. The first-order valence-corrected chi connectivity index (χ1v) is 7.72. The van der Waals surface area contributed by atoms with Gasteiger partial charge in [-0.3, -0.25) is 0 Å². The molecule has 0 atom stereocenters. The van der Waals surface area contributed by atoms with Crippen molar-refractivity contribution in [1.82, 2.24) is 4.90 Å². The SMILES string of the molecule is C=CC(=O)OC(C)(C)C.CC(C)(C)OC(=O)N1CCCC1.CO. The molecule has 0 aromatic rings. The highest BCUT2D eigenvalue weighted by molar-refractivity contribution is 5.81. The lowest BCUT2D eigenvalue weighted by molar-refractivity contribution is -0.148. The molecule has 0 aromatic heterocycles. The van der Waals surface area contributed by atoms with Crippen molar-refractivity contribution in [2.75, 3.05) is 20.2 Å². The summed E-state index contributed by atoms with van der Waals surface area (Å²) in [6.45, 7) is 16.1. The van der Waals surface area contributed by atoms with E-state index >= 15 is 0 Å². The molecule has 0 aromatic carbocycles. The number of aliphatic hydroxyl groups excluding tert-OH is 1. The second-order valence-electron chi connectivity index (χ2n) is 6.91. The van der Waals surface area contributed by atoms with E-state index in [0.717, 1.165) is 39.1 Å². The van der Waals surface area contributed by atoms with Crippen LogP contribution in [0.15, 0.2) is 12.7 Å². The predicted octanol–water partition coefficient (Wildman–Crippen LogP) is 3.14. The second kappa shape index (κ2) is 11.0. The van der Waals surface area contributed by atoms with Crippen molar-refractivity contribution < 1.29 is 24.2 Å². The van der Waals surface area contributed by atoms with Crippen molar-refractivity contribution in [3.05, 3.63) is 12.7 Å². The molecule has 136 valence electrons. The largest absolute Gasteiger partial charge is 0.457 e. The predicted molar refractivity (Wildman–Crippen MR) is 91.2 cm³/mol. The fourth-order valence-corrected chi connectivity index (χ4v) is 1.57. The van der Waals surface area contributed by atoms with E-state index in [4.69, 9.17) is 14.6 Å². The maximum absolute atomic E-state index is 11.4. The van der Waals surface area contributed by atoms with Crippen LogP contribution in [0, 0.1) is 0 Å². The first-order chi connectivity index (χ1) is 10.4. The zero-order chi connectivity index (χ0) is 18.7. The van der Waals surface area contributed by atoms with E-state index in [0.29, 0.717) is 0 Å². The Labute approximate surface area is 140 Å². The zero-order valence-electron chi connectivity index (χ0n) is 15.6. The first-order valence-electron chi connectivity index (χ1n) is 7.72. The van der Waals surface area contributed by atoms with Crippen LogP contribution >= 0.6 is 0 Å². The van der Waals surface area contributed by atoms with Gasteiger partial charge < -0.3 is 19.5 Å². The van der Waals surface area contributed by atoms with Gasteiger partial charge in [-0.1, -0.05) is 6.58 Å². The first kappa shape index (κ1) is 23.7. The molecule has 1 aliphatic heterocycles. The zero-order valence-corrected chi connectivity index (χ0v) is 15.6. The van der Waals surface area contributed by atoms with E-state index in [2.05, 4.69) is 6.58 Å². The van der Waals surface area contributed by atoms with Crippen LogP contribution in [0.2, 0.25) is 0 Å². The molecular formula is C17H33NO5. The highest BCUT2D eigenvalue weighted by Gasteiger charge is 2.23. The quantitative estimate of drug-likeness (QED) is 0.590. The Bertz CT molecular complexity index is 360. The molecule has 1 saturated heterocycles. The molecule has 1 rings (SSSR count). The van der Waals surface area contributed by atoms with Gasteiger partial charge in [0.15, 0.2) is 0 Å². The number of hydrogen-bond acceptors (Lipinski definition) is 5. The Morgan fingerprint density at radius 2 is 1.35 bits per heavy atom. The molecule has 1 heterocycles. The Balaban J connectivity index is 0. The Hall–Kier alpha value is -1.56. The minimum absolute atomic E-state index is 0.167. The molecule has 1 aliphatic rings. The van der Waals surface area contributed by atoms with Crippen LogP contribution in [0.1, 0.15) is 54.4 Å². The van der Waals surface area contributed by atoms with Gasteiger partial charge in [0.2, 0.25) is 0 Å². The van der Waals surface area contributed by atoms with Crippen LogP contribution in [0.3, 0.4) is 0 Å². The number of hydrogen-bond donors (Lipinski definition) is 1. The van der Waals surface area contributed by atoms with Gasteiger partial charge in [0.25, 0.3) is 0 Å². The normalized spacial score (nSPS) is 13.8. The van der Waals surface area contributed by atoms with E-state index in [1.807, 2.05) is 41.5 Å². The van der Waals surface area contributed by atoms with Crippen molar-refractivity contribution in [3.63, 3.8) is 0 Å². The summed E-state index contributed by atoms with van der Waals surface area (Å²) in [6, 6.07) is 0. The lowest BCUT2D eigenvalue weighted by atomic mass is 10.2. The third-order valence-corrected chi connectivity index (χ3v) is 2.33. The smallest absolute Gasteiger partial charge is 0.410 e. The second-order valence-corrected chi connectivity index (χ2v) is 6.91. The van der Waals surface area contributed by atoms with Gasteiger partial charge in [-0.25, -0.2) is 9.59 Å². The summed E-state index contributed by atoms with van der Waals surface area (Å²) in [5.74, 6) is -0.373. The molecule has 6 nitrogen and oxygen atoms in total. The van der Waals surface area contributed by atoms with Gasteiger partial charge in [0.1, 0.15) is 11.2 Å². The number of carbonyl (C=O) groups excluding carboxylic acids is 2. The molecule has 6 heteroatoms. The molecule has 0 aliphatic carbocycles. The summed E-state index contributed by atoms with van der Waals surface area (Å²) >= 11 is 0. The van der Waals surface area contributed by atoms with Gasteiger partial charge in [0.05, 0.1) is 0 Å². The lowest BCUT2D eigenvalue weighted by Gasteiger charge is -2.23. The topological polar surface area (TPSA) is 76.1 Å². The maximum Gasteiger partial charge on any atom is 0.410 e. The minimum Gasteiger partial charge on any atom is -0.457 e. The van der Waals surface area contributed by atoms with Crippen LogP contribution in [0.5, 0.6) is 0 Å². The van der Waals surface area contributed by atoms with E-state index in [1.165, 1.54) is 0 Å². The molecule has 0 spiro atoms. The van der Waals surface area contributed by atoms with Crippen LogP contribution in [0.25, 0.3) is 0 Å². The molecule has 1 N–H and O–H groups in total. The highest BCUT2D eigenvalue weighted by Crippen LogP contribution is 2.14. The average Bonchev–Trinajstić information content (AvgIpc) is 2.92. The number of nitrogens with zero attached hydrogens (tertiary/aromatic N) is 1. The third kappa shape index (κ3) is 15.1. The van der Waals surface area contributed by atoms with E-state index in [1.54, 1.807) is 4.90 Å². The van der Waals surface area contributed by atoms with Crippen LogP contribution in [-0.2, 0) is 14.3 Å². The average molecular weight is 331 g/mol. The molecule has 23 heavy (non-hydrogen) atoms. The Morgan fingerprint density at radius 3 is 1.61 bits per heavy atom. The minimum atomic E-state index is -0.398. The number of ether oxygens (including phenoxy) is 2. The standard InChI is InChI=1S/C9H17NO2.C7H12O2.CH4O/c1-9(2,3)12-8(11)10-6-4-5-7-10;1-5-6(8)9-7(2,3)4;1-2/h4-7H2,1-3H3;5H,1H2,2-4H3;2H,1H3. The summed E-state index contributed by atoms with van der Waals surface area (Å²) in [4.78, 5) is 23.6. The van der Waals surface area contributed by atoms with Gasteiger partial charge >= 0.3 is 12.1 Å². The molecule has 0 radical (unpaired) electrons. The number of aliphatic hydroxyl groups is 1. The number of likely N-dealkylation sites (tertiary alicyclic amines) is 1. The molecular weight excluding hydrogens is 298 g/mol. The Kier molecular flexibility index (Phi) is 11.4. The van der Waals surface area contributed by atoms with Gasteiger partial charge in [-0.15, -0.1) is 0 Å². The number of amides is 1. The van der Waals surface area contributed by atoms with E-state index < -0.39 is 5.60 Å². The summed E-state index contributed by atoms with van der Waals surface area (Å²) in [7, 11) is 1.00. The summed E-state index contributed by atoms with van der Waals surface area (Å²) in [6.07, 6.45) is 3.21. The van der Waals surface area contributed by atoms with Crippen molar-refractivity contribution in [2.45, 2.75) is 65.6 Å². The van der Waals surface area contributed by atoms with Gasteiger partial charge in [0, 0.05) is 26.3 Å². The summed E-state index contributed by atoms with van der Waals surface area (Å²) in [5, 5.41) is 7.00. The molecule has 0 unspecified atom stereocenters. The van der Waals surface area contributed by atoms with Crippen LogP contribution in [0.4, 0.5) is 4.79 Å². The van der Waals surface area contributed by atoms with Crippen molar-refractivity contribution >= 4 is 12.1 Å². The Morgan fingerprint density at radius 1 is 0.957 bits per heavy atom. The maximum atomic E-state index is 11.4. The number of esters is 1. The molecule has 0 saturated carbocycles. The third-order valence-electron chi connectivity index (χ3n) is 2.33. The number of carbonyl (C=O) groups is 2. The van der Waals surface area contributed by atoms with Crippen molar-refractivity contribution in [1.29, 1.82) is 0 Å². The number of rotatable bonds is 1. The fraction of sp³-hybridized carbons (Fsp3) is 0.765. The lowest BCUT2D eigenvalue weighted by Crippen LogP contribution is -2.34.